The third-order valence-electron chi connectivity index (χ3n) is 2.92. The van der Waals surface area contributed by atoms with Crippen LogP contribution in [0.3, 0.4) is 0 Å². The molecule has 0 amide bonds. The maximum absolute atomic E-state index is 12.0. The topological polar surface area (TPSA) is 49.4 Å². The molecule has 4 nitrogen and oxygen atoms in total. The number of hydrogen-bond donors (Lipinski definition) is 1. The highest BCUT2D eigenvalue weighted by Crippen LogP contribution is 2.12. The lowest BCUT2D eigenvalue weighted by Crippen LogP contribution is -2.43. The first-order valence-electron chi connectivity index (χ1n) is 6.09. The van der Waals surface area contributed by atoms with Crippen molar-refractivity contribution < 1.29 is 8.42 Å². The minimum Gasteiger partial charge on any atom is -0.313 e. The second-order valence-corrected chi connectivity index (χ2v) is 7.22. The molecule has 1 aliphatic rings. The Kier molecular flexibility index (Phi) is 5.21. The van der Waals surface area contributed by atoms with Crippen LogP contribution < -0.4 is 5.32 Å². The number of rotatable bonds is 5. The maximum atomic E-state index is 12.0. The molecular weight excluding hydrogens is 224 g/mol. The molecule has 0 radical (unpaired) electrons. The van der Waals surface area contributed by atoms with Gasteiger partial charge < -0.3 is 5.32 Å². The summed E-state index contributed by atoms with van der Waals surface area (Å²) in [5.74, 6) is 0.620. The SMILES string of the molecule is CC(C)CN(C)S(=O)(=O)CC1CCCCN1. The lowest BCUT2D eigenvalue weighted by atomic mass is 10.1. The Labute approximate surface area is 99.5 Å². The van der Waals surface area contributed by atoms with Crippen LogP contribution in [0, 0.1) is 5.92 Å². The summed E-state index contributed by atoms with van der Waals surface area (Å²) in [6.45, 7) is 5.62. The minimum absolute atomic E-state index is 0.147. The normalized spacial score (nSPS) is 22.9. The van der Waals surface area contributed by atoms with Crippen LogP contribution in [-0.4, -0.2) is 44.7 Å². The van der Waals surface area contributed by atoms with Crippen LogP contribution in [0.1, 0.15) is 33.1 Å². The largest absolute Gasteiger partial charge is 0.313 e. The van der Waals surface area contributed by atoms with Crippen molar-refractivity contribution in [2.24, 2.45) is 5.92 Å². The third-order valence-corrected chi connectivity index (χ3v) is 4.84. The summed E-state index contributed by atoms with van der Waals surface area (Å²) in [4.78, 5) is 0. The van der Waals surface area contributed by atoms with Gasteiger partial charge in [0.05, 0.1) is 5.75 Å². The summed E-state index contributed by atoms with van der Waals surface area (Å²) >= 11 is 0. The molecule has 0 saturated carbocycles. The highest BCUT2D eigenvalue weighted by Gasteiger charge is 2.24. The molecule has 0 aromatic rings. The van der Waals surface area contributed by atoms with Gasteiger partial charge in [-0.3, -0.25) is 0 Å². The molecule has 1 saturated heterocycles. The van der Waals surface area contributed by atoms with Gasteiger partial charge in [-0.2, -0.15) is 0 Å². The van der Waals surface area contributed by atoms with Crippen LogP contribution in [0.5, 0.6) is 0 Å². The molecule has 0 aromatic carbocycles. The molecule has 1 unspecified atom stereocenters. The Balaban J connectivity index is 2.49. The standard InChI is InChI=1S/C11H24N2O2S/c1-10(2)8-13(3)16(14,15)9-11-6-4-5-7-12-11/h10-12H,4-9H2,1-3H3. The molecule has 0 aliphatic carbocycles. The zero-order valence-corrected chi connectivity index (χ0v) is 11.4. The molecule has 1 fully saturated rings. The molecule has 16 heavy (non-hydrogen) atoms. The van der Waals surface area contributed by atoms with Gasteiger partial charge in [-0.25, -0.2) is 12.7 Å². The first kappa shape index (κ1) is 13.9. The van der Waals surface area contributed by atoms with E-state index in [4.69, 9.17) is 0 Å². The van der Waals surface area contributed by atoms with E-state index >= 15 is 0 Å². The van der Waals surface area contributed by atoms with E-state index in [1.54, 1.807) is 7.05 Å². The van der Waals surface area contributed by atoms with Crippen LogP contribution in [0.25, 0.3) is 0 Å². The predicted octanol–water partition coefficient (Wildman–Crippen LogP) is 1.05. The average Bonchev–Trinajstić information content (AvgIpc) is 2.17. The summed E-state index contributed by atoms with van der Waals surface area (Å²) in [6.07, 6.45) is 3.29. The van der Waals surface area contributed by atoms with Gasteiger partial charge in [0.15, 0.2) is 0 Å². The van der Waals surface area contributed by atoms with E-state index in [-0.39, 0.29) is 11.8 Å². The molecule has 1 atom stereocenters. The van der Waals surface area contributed by atoms with E-state index in [0.717, 1.165) is 19.4 Å². The van der Waals surface area contributed by atoms with Crippen molar-refractivity contribution in [3.63, 3.8) is 0 Å². The molecule has 1 heterocycles. The van der Waals surface area contributed by atoms with Crippen LogP contribution in [0.4, 0.5) is 0 Å². The van der Waals surface area contributed by atoms with E-state index in [1.807, 2.05) is 13.8 Å². The van der Waals surface area contributed by atoms with Crippen molar-refractivity contribution in [3.05, 3.63) is 0 Å². The average molecular weight is 248 g/mol. The predicted molar refractivity (Wildman–Crippen MR) is 66.9 cm³/mol. The van der Waals surface area contributed by atoms with E-state index in [9.17, 15) is 8.42 Å². The molecule has 0 spiro atoms. The molecule has 1 N–H and O–H groups in total. The van der Waals surface area contributed by atoms with Crippen molar-refractivity contribution >= 4 is 10.0 Å². The highest BCUT2D eigenvalue weighted by molar-refractivity contribution is 7.89. The smallest absolute Gasteiger partial charge is 0.215 e. The zero-order valence-electron chi connectivity index (χ0n) is 10.6. The summed E-state index contributed by atoms with van der Waals surface area (Å²) < 4.78 is 25.5. The van der Waals surface area contributed by atoms with Crippen molar-refractivity contribution in [2.45, 2.75) is 39.2 Å². The van der Waals surface area contributed by atoms with Gasteiger partial charge >= 0.3 is 0 Å². The Bertz CT molecular complexity index is 295. The van der Waals surface area contributed by atoms with Gasteiger partial charge in [-0.05, 0) is 25.3 Å². The first-order chi connectivity index (χ1) is 7.42. The van der Waals surface area contributed by atoms with E-state index < -0.39 is 10.0 Å². The number of sulfonamides is 1. The highest BCUT2D eigenvalue weighted by atomic mass is 32.2. The van der Waals surface area contributed by atoms with Gasteiger partial charge in [-0.1, -0.05) is 20.3 Å². The summed E-state index contributed by atoms with van der Waals surface area (Å²) in [5, 5.41) is 3.28. The Morgan fingerprint density at radius 1 is 1.38 bits per heavy atom. The van der Waals surface area contributed by atoms with Crippen LogP contribution in [-0.2, 0) is 10.0 Å². The van der Waals surface area contributed by atoms with E-state index in [2.05, 4.69) is 5.32 Å². The fraction of sp³-hybridized carbons (Fsp3) is 1.00. The molecule has 1 aliphatic heterocycles. The number of hydrogen-bond acceptors (Lipinski definition) is 3. The number of nitrogens with one attached hydrogen (secondary N) is 1. The van der Waals surface area contributed by atoms with Crippen molar-refractivity contribution in [1.29, 1.82) is 0 Å². The van der Waals surface area contributed by atoms with Crippen LogP contribution in [0.2, 0.25) is 0 Å². The van der Waals surface area contributed by atoms with Gasteiger partial charge in [0, 0.05) is 19.6 Å². The zero-order chi connectivity index (χ0) is 12.2. The summed E-state index contributed by atoms with van der Waals surface area (Å²) in [7, 11) is -1.41. The van der Waals surface area contributed by atoms with Gasteiger partial charge in [0.1, 0.15) is 0 Å². The number of nitrogens with zero attached hydrogens (tertiary/aromatic N) is 1. The molecule has 1 rings (SSSR count). The van der Waals surface area contributed by atoms with Gasteiger partial charge in [0.2, 0.25) is 10.0 Å². The third kappa shape index (κ3) is 4.39. The summed E-state index contributed by atoms with van der Waals surface area (Å²) in [6, 6.07) is 0.147. The van der Waals surface area contributed by atoms with E-state index in [1.165, 1.54) is 10.7 Å². The first-order valence-corrected chi connectivity index (χ1v) is 7.70. The monoisotopic (exact) mass is 248 g/mol. The van der Waals surface area contributed by atoms with Gasteiger partial charge in [-0.15, -0.1) is 0 Å². The lowest BCUT2D eigenvalue weighted by molar-refractivity contribution is 0.393. The Morgan fingerprint density at radius 2 is 2.06 bits per heavy atom. The fourth-order valence-electron chi connectivity index (χ4n) is 2.08. The van der Waals surface area contributed by atoms with Gasteiger partial charge in [0.25, 0.3) is 0 Å². The second-order valence-electron chi connectivity index (χ2n) is 5.10. The second kappa shape index (κ2) is 5.98. The quantitative estimate of drug-likeness (QED) is 0.791. The molecule has 0 aromatic heterocycles. The van der Waals surface area contributed by atoms with E-state index in [0.29, 0.717) is 12.5 Å². The minimum atomic E-state index is -3.08. The van der Waals surface area contributed by atoms with Crippen molar-refractivity contribution in [3.8, 4) is 0 Å². The molecule has 5 heteroatoms. The maximum Gasteiger partial charge on any atom is 0.215 e. The Morgan fingerprint density at radius 3 is 2.56 bits per heavy atom. The molecule has 0 bridgehead atoms. The van der Waals surface area contributed by atoms with Crippen LogP contribution in [0.15, 0.2) is 0 Å². The molecule has 96 valence electrons. The molecular formula is C11H24N2O2S. The van der Waals surface area contributed by atoms with Crippen molar-refractivity contribution in [2.75, 3.05) is 25.9 Å². The number of piperidine rings is 1. The van der Waals surface area contributed by atoms with Crippen LogP contribution >= 0.6 is 0 Å². The lowest BCUT2D eigenvalue weighted by Gasteiger charge is -2.26. The van der Waals surface area contributed by atoms with Crippen molar-refractivity contribution in [1.82, 2.24) is 9.62 Å². The Hall–Kier alpha value is -0.130. The fourth-order valence-corrected chi connectivity index (χ4v) is 3.65. The summed E-state index contributed by atoms with van der Waals surface area (Å²) in [5.41, 5.74) is 0.